The van der Waals surface area contributed by atoms with E-state index in [1.165, 1.54) is 0 Å². The zero-order valence-corrected chi connectivity index (χ0v) is 8.86. The molecular formula is C9H18N4O. The van der Waals surface area contributed by atoms with Gasteiger partial charge in [0.25, 0.3) is 0 Å². The van der Waals surface area contributed by atoms with Crippen molar-refractivity contribution in [3.63, 3.8) is 0 Å². The number of hydrogen-bond acceptors (Lipinski definition) is 4. The number of aliphatic hydroxyl groups is 1. The lowest BCUT2D eigenvalue weighted by atomic mass is 10.0. The first-order valence-corrected chi connectivity index (χ1v) is 4.62. The van der Waals surface area contributed by atoms with E-state index in [1.807, 2.05) is 20.9 Å². The van der Waals surface area contributed by atoms with E-state index in [1.54, 1.807) is 4.68 Å². The van der Waals surface area contributed by atoms with Gasteiger partial charge < -0.3 is 16.6 Å². The molecule has 0 aromatic carbocycles. The second-order valence-corrected chi connectivity index (χ2v) is 3.55. The van der Waals surface area contributed by atoms with Gasteiger partial charge in [-0.3, -0.25) is 4.68 Å². The fourth-order valence-electron chi connectivity index (χ4n) is 1.56. The second kappa shape index (κ2) is 4.08. The van der Waals surface area contributed by atoms with E-state index in [9.17, 15) is 5.11 Å². The average Bonchev–Trinajstić information content (AvgIpc) is 2.39. The molecule has 0 aliphatic rings. The van der Waals surface area contributed by atoms with Gasteiger partial charge in [0, 0.05) is 30.9 Å². The van der Waals surface area contributed by atoms with Gasteiger partial charge >= 0.3 is 0 Å². The van der Waals surface area contributed by atoms with E-state index in [4.69, 9.17) is 11.5 Å². The van der Waals surface area contributed by atoms with Crippen molar-refractivity contribution in [1.29, 1.82) is 0 Å². The molecular weight excluding hydrogens is 180 g/mol. The van der Waals surface area contributed by atoms with Crippen LogP contribution in [0.5, 0.6) is 0 Å². The first kappa shape index (κ1) is 11.2. The molecule has 5 N–H and O–H groups in total. The number of aliphatic hydroxyl groups excluding tert-OH is 1. The summed E-state index contributed by atoms with van der Waals surface area (Å²) in [7, 11) is 1.84. The minimum absolute atomic E-state index is 0.259. The Labute approximate surface area is 83.7 Å². The van der Waals surface area contributed by atoms with Crippen LogP contribution in [0.2, 0.25) is 0 Å². The van der Waals surface area contributed by atoms with Gasteiger partial charge in [-0.15, -0.1) is 0 Å². The van der Waals surface area contributed by atoms with E-state index < -0.39 is 12.1 Å². The van der Waals surface area contributed by atoms with Crippen molar-refractivity contribution in [2.45, 2.75) is 26.0 Å². The van der Waals surface area contributed by atoms with Crippen molar-refractivity contribution in [2.75, 3.05) is 6.54 Å². The van der Waals surface area contributed by atoms with Crippen LogP contribution in [-0.4, -0.2) is 27.5 Å². The molecule has 1 aromatic heterocycles. The van der Waals surface area contributed by atoms with Crippen LogP contribution in [0.25, 0.3) is 0 Å². The fourth-order valence-corrected chi connectivity index (χ4v) is 1.56. The molecule has 14 heavy (non-hydrogen) atoms. The number of aromatic nitrogens is 2. The van der Waals surface area contributed by atoms with Crippen molar-refractivity contribution in [2.24, 2.45) is 18.5 Å². The maximum atomic E-state index is 9.91. The Morgan fingerprint density at radius 2 is 2.07 bits per heavy atom. The van der Waals surface area contributed by atoms with Crippen molar-refractivity contribution in [3.05, 3.63) is 17.0 Å². The third kappa shape index (κ3) is 1.79. The molecule has 0 amide bonds. The zero-order valence-electron chi connectivity index (χ0n) is 8.86. The Bertz CT molecular complexity index is 321. The Hall–Kier alpha value is -0.910. The van der Waals surface area contributed by atoms with Crippen LogP contribution in [0.3, 0.4) is 0 Å². The lowest BCUT2D eigenvalue weighted by Crippen LogP contribution is -2.36. The summed E-state index contributed by atoms with van der Waals surface area (Å²) in [5.41, 5.74) is 13.6. The molecule has 80 valence electrons. The standard InChI is InChI=1S/C9H18N4O/c1-5-8(6(2)13(3)12-5)9(14)7(11)4-10/h7,9,14H,4,10-11H2,1-3H3. The smallest absolute Gasteiger partial charge is 0.0988 e. The molecule has 0 spiro atoms. The van der Waals surface area contributed by atoms with Gasteiger partial charge in [0.1, 0.15) is 0 Å². The van der Waals surface area contributed by atoms with Gasteiger partial charge in [-0.25, -0.2) is 0 Å². The predicted molar refractivity (Wildman–Crippen MR) is 54.7 cm³/mol. The van der Waals surface area contributed by atoms with Crippen molar-refractivity contribution < 1.29 is 5.11 Å². The summed E-state index contributed by atoms with van der Waals surface area (Å²) in [5, 5.41) is 14.1. The molecule has 0 aliphatic carbocycles. The minimum atomic E-state index is -0.728. The van der Waals surface area contributed by atoms with Crippen LogP contribution in [0.4, 0.5) is 0 Å². The van der Waals surface area contributed by atoms with E-state index in [0.29, 0.717) is 0 Å². The highest BCUT2D eigenvalue weighted by atomic mass is 16.3. The number of hydrogen-bond donors (Lipinski definition) is 3. The molecule has 0 saturated heterocycles. The Kier molecular flexibility index (Phi) is 3.25. The van der Waals surface area contributed by atoms with E-state index >= 15 is 0 Å². The molecule has 2 atom stereocenters. The molecule has 0 radical (unpaired) electrons. The molecule has 5 heteroatoms. The summed E-state index contributed by atoms with van der Waals surface area (Å²) in [6.07, 6.45) is -0.728. The Balaban J connectivity index is 3.05. The van der Waals surface area contributed by atoms with Crippen LogP contribution < -0.4 is 11.5 Å². The predicted octanol–water partition coefficient (Wildman–Crippen LogP) is -0.644. The van der Waals surface area contributed by atoms with Crippen LogP contribution in [-0.2, 0) is 7.05 Å². The van der Waals surface area contributed by atoms with Crippen molar-refractivity contribution in [1.82, 2.24) is 9.78 Å². The SMILES string of the molecule is Cc1nn(C)c(C)c1C(O)C(N)CN. The summed E-state index contributed by atoms with van der Waals surface area (Å²) in [6.45, 7) is 4.02. The van der Waals surface area contributed by atoms with Gasteiger partial charge in [-0.1, -0.05) is 0 Å². The molecule has 0 bridgehead atoms. The van der Waals surface area contributed by atoms with Gasteiger partial charge in [-0.05, 0) is 13.8 Å². The van der Waals surface area contributed by atoms with Crippen molar-refractivity contribution in [3.8, 4) is 0 Å². The van der Waals surface area contributed by atoms with E-state index in [2.05, 4.69) is 5.10 Å². The van der Waals surface area contributed by atoms with Crippen LogP contribution >= 0.6 is 0 Å². The quantitative estimate of drug-likeness (QED) is 0.602. The number of nitrogens with zero attached hydrogens (tertiary/aromatic N) is 2. The molecule has 0 saturated carbocycles. The molecule has 1 aromatic rings. The molecule has 2 unspecified atom stereocenters. The summed E-state index contributed by atoms with van der Waals surface area (Å²) >= 11 is 0. The number of rotatable bonds is 3. The highest BCUT2D eigenvalue weighted by molar-refractivity contribution is 5.28. The maximum Gasteiger partial charge on any atom is 0.0988 e. The van der Waals surface area contributed by atoms with Crippen molar-refractivity contribution >= 4 is 0 Å². The Morgan fingerprint density at radius 3 is 2.43 bits per heavy atom. The second-order valence-electron chi connectivity index (χ2n) is 3.55. The van der Waals surface area contributed by atoms with Crippen LogP contribution in [0, 0.1) is 13.8 Å². The molecule has 1 rings (SSSR count). The molecule has 1 heterocycles. The fraction of sp³-hybridized carbons (Fsp3) is 0.667. The maximum absolute atomic E-state index is 9.91. The largest absolute Gasteiger partial charge is 0.387 e. The lowest BCUT2D eigenvalue weighted by molar-refractivity contribution is 0.148. The van der Waals surface area contributed by atoms with Gasteiger partial charge in [0.15, 0.2) is 0 Å². The van der Waals surface area contributed by atoms with Gasteiger partial charge in [-0.2, -0.15) is 5.10 Å². The Morgan fingerprint density at radius 1 is 1.50 bits per heavy atom. The lowest BCUT2D eigenvalue weighted by Gasteiger charge is -2.17. The topological polar surface area (TPSA) is 90.1 Å². The first-order chi connectivity index (χ1) is 6.49. The first-order valence-electron chi connectivity index (χ1n) is 4.62. The number of aryl methyl sites for hydroxylation is 2. The summed E-state index contributed by atoms with van der Waals surface area (Å²) in [4.78, 5) is 0. The van der Waals surface area contributed by atoms with E-state index in [-0.39, 0.29) is 6.54 Å². The van der Waals surface area contributed by atoms with Crippen LogP contribution in [0.15, 0.2) is 0 Å². The monoisotopic (exact) mass is 198 g/mol. The van der Waals surface area contributed by atoms with Gasteiger partial charge in [0.05, 0.1) is 11.8 Å². The third-order valence-corrected chi connectivity index (χ3v) is 2.54. The molecule has 0 fully saturated rings. The minimum Gasteiger partial charge on any atom is -0.387 e. The highest BCUT2D eigenvalue weighted by Crippen LogP contribution is 2.22. The number of nitrogens with two attached hydrogens (primary N) is 2. The molecule has 0 aliphatic heterocycles. The zero-order chi connectivity index (χ0) is 10.9. The average molecular weight is 198 g/mol. The summed E-state index contributed by atoms with van der Waals surface area (Å²) < 4.78 is 1.73. The normalized spacial score (nSPS) is 15.6. The molecule has 5 nitrogen and oxygen atoms in total. The highest BCUT2D eigenvalue weighted by Gasteiger charge is 2.22. The summed E-state index contributed by atoms with van der Waals surface area (Å²) in [6, 6.07) is -0.434. The summed E-state index contributed by atoms with van der Waals surface area (Å²) in [5.74, 6) is 0. The van der Waals surface area contributed by atoms with Gasteiger partial charge in [0.2, 0.25) is 0 Å². The third-order valence-electron chi connectivity index (χ3n) is 2.54. The van der Waals surface area contributed by atoms with E-state index in [0.717, 1.165) is 17.0 Å². The van der Waals surface area contributed by atoms with Crippen LogP contribution in [0.1, 0.15) is 23.1 Å².